The molecule has 3 aromatic carbocycles. The summed E-state index contributed by atoms with van der Waals surface area (Å²) in [6.45, 7) is 4.29. The fraction of sp³-hybridized carbons (Fsp3) is 0.292. The molecule has 0 fully saturated rings. The summed E-state index contributed by atoms with van der Waals surface area (Å²) in [6, 6.07) is 10.2. The Morgan fingerprint density at radius 3 is 2.37 bits per heavy atom. The van der Waals surface area contributed by atoms with Crippen molar-refractivity contribution in [1.82, 2.24) is 0 Å². The molecule has 0 atom stereocenters. The number of methoxy groups -OCH3 is 2. The van der Waals surface area contributed by atoms with Crippen LogP contribution < -0.4 is 28.3 Å². The van der Waals surface area contributed by atoms with Crippen LogP contribution in [-0.4, -0.2) is 27.1 Å². The smallest absolute Gasteiger partial charge is 0.231 e. The Balaban J connectivity index is 1.96. The minimum absolute atomic E-state index is 0.0181. The number of pyridine rings is 1. The average Bonchev–Trinajstić information content (AvgIpc) is 3.18. The van der Waals surface area contributed by atoms with Gasteiger partial charge in [0, 0.05) is 11.5 Å². The molecule has 1 aliphatic heterocycles. The minimum atomic E-state index is 0.0181. The first-order valence-electron chi connectivity index (χ1n) is 9.92. The number of hydrogen-bond donors (Lipinski definition) is 0. The molecular weight excluding hydrogens is 382 g/mol. The summed E-state index contributed by atoms with van der Waals surface area (Å²) < 4.78 is 30.8. The number of rotatable bonds is 4. The van der Waals surface area contributed by atoms with Gasteiger partial charge < -0.3 is 23.7 Å². The van der Waals surface area contributed by atoms with Crippen LogP contribution in [-0.2, 0) is 7.05 Å². The fourth-order valence-corrected chi connectivity index (χ4v) is 4.28. The molecule has 0 aliphatic carbocycles. The summed E-state index contributed by atoms with van der Waals surface area (Å²) in [5, 5.41) is 5.18. The molecule has 154 valence electrons. The molecule has 0 bridgehead atoms. The van der Waals surface area contributed by atoms with Gasteiger partial charge in [-0.25, -0.2) is 0 Å². The van der Waals surface area contributed by atoms with Gasteiger partial charge in [0.2, 0.25) is 12.3 Å². The van der Waals surface area contributed by atoms with Crippen molar-refractivity contribution >= 4 is 32.4 Å². The van der Waals surface area contributed by atoms with E-state index in [-0.39, 0.29) is 12.9 Å². The normalized spacial score (nSPS) is 12.9. The van der Waals surface area contributed by atoms with E-state index in [4.69, 9.17) is 23.7 Å². The Kier molecular flexibility index (Phi) is 4.24. The Bertz CT molecular complexity index is 1310. The number of aromatic nitrogens is 1. The maximum absolute atomic E-state index is 6.21. The second-order valence-electron chi connectivity index (χ2n) is 7.69. The second-order valence-corrected chi connectivity index (χ2v) is 7.69. The van der Waals surface area contributed by atoms with Crippen LogP contribution >= 0.6 is 0 Å². The predicted molar refractivity (Wildman–Crippen MR) is 115 cm³/mol. The van der Waals surface area contributed by atoms with E-state index in [9.17, 15) is 0 Å². The molecule has 0 saturated carbocycles. The van der Waals surface area contributed by atoms with Gasteiger partial charge in [0.15, 0.2) is 29.2 Å². The van der Waals surface area contributed by atoms with Gasteiger partial charge in [0.25, 0.3) is 0 Å². The number of benzene rings is 3. The Labute approximate surface area is 174 Å². The van der Waals surface area contributed by atoms with Crippen molar-refractivity contribution in [2.75, 3.05) is 21.0 Å². The monoisotopic (exact) mass is 406 g/mol. The van der Waals surface area contributed by atoms with Crippen molar-refractivity contribution in [3.05, 3.63) is 36.5 Å². The van der Waals surface area contributed by atoms with E-state index in [0.29, 0.717) is 11.5 Å². The lowest BCUT2D eigenvalue weighted by Gasteiger charge is -2.18. The summed E-state index contributed by atoms with van der Waals surface area (Å²) in [5.41, 5.74) is 1.08. The van der Waals surface area contributed by atoms with Crippen LogP contribution in [0.5, 0.6) is 28.7 Å². The van der Waals surface area contributed by atoms with E-state index in [1.54, 1.807) is 14.2 Å². The maximum atomic E-state index is 6.21. The molecule has 6 heteroatoms. The molecule has 5 rings (SSSR count). The first-order valence-corrected chi connectivity index (χ1v) is 9.92. The van der Waals surface area contributed by atoms with E-state index in [2.05, 4.69) is 29.0 Å². The minimum Gasteiger partial charge on any atom is -0.493 e. The topological polar surface area (TPSA) is 50.0 Å². The lowest BCUT2D eigenvalue weighted by molar-refractivity contribution is -0.642. The molecule has 2 heterocycles. The number of nitrogens with zero attached hydrogens (tertiary/aromatic N) is 1. The molecule has 0 radical (unpaired) electrons. The van der Waals surface area contributed by atoms with Crippen molar-refractivity contribution in [2.24, 2.45) is 7.05 Å². The average molecular weight is 406 g/mol. The zero-order chi connectivity index (χ0) is 21.0. The molecule has 0 saturated heterocycles. The van der Waals surface area contributed by atoms with Gasteiger partial charge in [-0.3, -0.25) is 0 Å². The van der Waals surface area contributed by atoms with Crippen LogP contribution in [0.15, 0.2) is 36.5 Å². The lowest BCUT2D eigenvalue weighted by Crippen LogP contribution is -2.29. The highest BCUT2D eigenvalue weighted by Crippen LogP contribution is 2.45. The van der Waals surface area contributed by atoms with Crippen LogP contribution in [0.4, 0.5) is 0 Å². The van der Waals surface area contributed by atoms with Crippen molar-refractivity contribution in [2.45, 2.75) is 20.0 Å². The predicted octanol–water partition coefficient (Wildman–Crippen LogP) is 4.50. The van der Waals surface area contributed by atoms with Gasteiger partial charge in [-0.15, -0.1) is 0 Å². The van der Waals surface area contributed by atoms with Gasteiger partial charge >= 0.3 is 0 Å². The van der Waals surface area contributed by atoms with E-state index in [1.165, 1.54) is 0 Å². The van der Waals surface area contributed by atoms with Gasteiger partial charge in [0.05, 0.1) is 36.5 Å². The molecule has 0 amide bonds. The fourth-order valence-electron chi connectivity index (χ4n) is 4.28. The van der Waals surface area contributed by atoms with Crippen LogP contribution in [0.1, 0.15) is 13.8 Å². The molecule has 4 aromatic rings. The highest BCUT2D eigenvalue weighted by Gasteiger charge is 2.25. The third-order valence-electron chi connectivity index (χ3n) is 5.46. The Hall–Kier alpha value is -3.41. The van der Waals surface area contributed by atoms with E-state index in [0.717, 1.165) is 49.7 Å². The van der Waals surface area contributed by atoms with E-state index < -0.39 is 0 Å². The van der Waals surface area contributed by atoms with Crippen LogP contribution in [0.25, 0.3) is 32.4 Å². The summed E-state index contributed by atoms with van der Waals surface area (Å²) >= 11 is 0. The van der Waals surface area contributed by atoms with Gasteiger partial charge in [0.1, 0.15) is 12.8 Å². The molecule has 0 N–H and O–H groups in total. The Morgan fingerprint density at radius 2 is 1.67 bits per heavy atom. The molecule has 1 aliphatic rings. The Morgan fingerprint density at radius 1 is 0.900 bits per heavy atom. The summed E-state index contributed by atoms with van der Waals surface area (Å²) in [4.78, 5) is 0. The third-order valence-corrected chi connectivity index (χ3v) is 5.46. The quantitative estimate of drug-likeness (QED) is 0.369. The number of ether oxygens (including phenoxy) is 5. The van der Waals surface area contributed by atoms with E-state index >= 15 is 0 Å². The maximum Gasteiger partial charge on any atom is 0.231 e. The largest absolute Gasteiger partial charge is 0.493 e. The molecule has 0 spiro atoms. The molecule has 0 unspecified atom stereocenters. The summed E-state index contributed by atoms with van der Waals surface area (Å²) in [5.74, 6) is 3.64. The van der Waals surface area contributed by atoms with Crippen molar-refractivity contribution < 1.29 is 28.3 Å². The van der Waals surface area contributed by atoms with Crippen molar-refractivity contribution in [1.29, 1.82) is 0 Å². The SMILES string of the molecule is COc1cc(OC(C)C)c2c(c[n+](C)c3c4cc5c(cc4ccc23)OCO5)c1OC. The van der Waals surface area contributed by atoms with Gasteiger partial charge in [-0.05, 0) is 37.4 Å². The summed E-state index contributed by atoms with van der Waals surface area (Å²) in [6.07, 6.45) is 2.08. The first-order chi connectivity index (χ1) is 14.5. The van der Waals surface area contributed by atoms with Crippen LogP contribution in [0.2, 0.25) is 0 Å². The number of aryl methyl sites for hydroxylation is 1. The second kappa shape index (κ2) is 6.83. The standard InChI is InChI=1S/C24H24NO5/c1-13(2)30-20-10-21(26-4)24(27-5)17-11-25(3)23-15(22(17)20)7-6-14-8-18-19(9-16(14)23)29-12-28-18/h6-11,13H,12H2,1-5H3/q+1. The van der Waals surface area contributed by atoms with Crippen molar-refractivity contribution in [3.63, 3.8) is 0 Å². The molecule has 1 aromatic heterocycles. The van der Waals surface area contributed by atoms with E-state index in [1.807, 2.05) is 33.0 Å². The zero-order valence-electron chi connectivity index (χ0n) is 17.7. The van der Waals surface area contributed by atoms with Gasteiger partial charge in [-0.2, -0.15) is 4.57 Å². The molecule has 30 heavy (non-hydrogen) atoms. The number of fused-ring (bicyclic) bond motifs is 6. The van der Waals surface area contributed by atoms with Crippen molar-refractivity contribution in [3.8, 4) is 28.7 Å². The first kappa shape index (κ1) is 18.6. The van der Waals surface area contributed by atoms with Gasteiger partial charge in [-0.1, -0.05) is 6.07 Å². The van der Waals surface area contributed by atoms with Crippen LogP contribution in [0, 0.1) is 0 Å². The highest BCUT2D eigenvalue weighted by atomic mass is 16.7. The number of hydrogen-bond acceptors (Lipinski definition) is 5. The zero-order valence-corrected chi connectivity index (χ0v) is 17.7. The lowest BCUT2D eigenvalue weighted by atomic mass is 9.99. The summed E-state index contributed by atoms with van der Waals surface area (Å²) in [7, 11) is 5.33. The van der Waals surface area contributed by atoms with Crippen LogP contribution in [0.3, 0.4) is 0 Å². The molecule has 6 nitrogen and oxygen atoms in total. The highest BCUT2D eigenvalue weighted by molar-refractivity contribution is 6.17. The molecular formula is C24H24NO5+. The third kappa shape index (κ3) is 2.67.